The zero-order valence-corrected chi connectivity index (χ0v) is 15.4. The van der Waals surface area contributed by atoms with E-state index >= 15 is 0 Å². The molecular formula is C17H23ClN3O4+. The molecule has 0 bridgehead atoms. The normalized spacial score (nSPS) is 15.9. The minimum absolute atomic E-state index is 0.0989. The predicted molar refractivity (Wildman–Crippen MR) is 92.3 cm³/mol. The van der Waals surface area contributed by atoms with Crippen LogP contribution >= 0.6 is 11.6 Å². The molecule has 2 rings (SSSR count). The molecule has 7 nitrogen and oxygen atoms in total. The van der Waals surface area contributed by atoms with Crippen LogP contribution in [0.4, 0.5) is 4.79 Å². The Morgan fingerprint density at radius 2 is 1.84 bits per heavy atom. The molecule has 1 N–H and O–H groups in total. The number of urea groups is 1. The van der Waals surface area contributed by atoms with Crippen LogP contribution in [0.2, 0.25) is 5.02 Å². The van der Waals surface area contributed by atoms with Gasteiger partial charge in [-0.15, -0.1) is 0 Å². The number of carbonyl (C=O) groups excluding carboxylic acids is 3. The summed E-state index contributed by atoms with van der Waals surface area (Å²) in [5.41, 5.74) is 0.862. The molecular weight excluding hydrogens is 346 g/mol. The Hall–Kier alpha value is -2.12. The average molecular weight is 369 g/mol. The minimum Gasteiger partial charge on any atom is -0.496 e. The first kappa shape index (κ1) is 19.2. The molecule has 1 aliphatic rings. The molecule has 1 aliphatic heterocycles. The van der Waals surface area contributed by atoms with Gasteiger partial charge in [-0.05, 0) is 24.6 Å². The van der Waals surface area contributed by atoms with Crippen molar-refractivity contribution >= 4 is 29.4 Å². The first-order valence-electron chi connectivity index (χ1n) is 8.20. The van der Waals surface area contributed by atoms with Crippen molar-refractivity contribution in [1.29, 1.82) is 0 Å². The number of benzene rings is 1. The Labute approximate surface area is 152 Å². The quantitative estimate of drug-likeness (QED) is 0.547. The number of hydrogen-bond acceptors (Lipinski definition) is 4. The largest absolute Gasteiger partial charge is 0.496 e. The number of nitrogens with one attached hydrogen (secondary N) is 1. The molecule has 8 heteroatoms. The number of methoxy groups -OCH3 is 1. The third-order valence-corrected chi connectivity index (χ3v) is 4.27. The predicted octanol–water partition coefficient (Wildman–Crippen LogP) is 0.912. The van der Waals surface area contributed by atoms with Crippen molar-refractivity contribution in [2.24, 2.45) is 0 Å². The van der Waals surface area contributed by atoms with Gasteiger partial charge in [-0.3, -0.25) is 14.5 Å². The maximum absolute atomic E-state index is 12.3. The fraction of sp³-hybridized carbons (Fsp3) is 0.471. The summed E-state index contributed by atoms with van der Waals surface area (Å²) in [4.78, 5) is 39.3. The number of unbranched alkanes of at least 4 members (excludes halogenated alkanes) is 1. The van der Waals surface area contributed by atoms with Gasteiger partial charge < -0.3 is 9.64 Å². The van der Waals surface area contributed by atoms with E-state index in [1.807, 2.05) is 14.0 Å². The Kier molecular flexibility index (Phi) is 6.39. The van der Waals surface area contributed by atoms with Crippen molar-refractivity contribution in [3.63, 3.8) is 0 Å². The molecule has 0 aromatic heterocycles. The lowest BCUT2D eigenvalue weighted by molar-refractivity contribution is -0.901. The van der Waals surface area contributed by atoms with E-state index in [1.165, 1.54) is 0 Å². The average Bonchev–Trinajstić information content (AvgIpc) is 2.77. The first-order chi connectivity index (χ1) is 11.9. The van der Waals surface area contributed by atoms with Crippen molar-refractivity contribution in [1.82, 2.24) is 9.80 Å². The summed E-state index contributed by atoms with van der Waals surface area (Å²) in [5.74, 6) is -0.825. The number of rotatable bonds is 8. The SMILES string of the molecule is CCCCN1C(=O)C(=O)N(C[NH+](C)Cc2cc(Cl)ccc2OC)C1=O. The highest BCUT2D eigenvalue weighted by atomic mass is 35.5. The Bertz CT molecular complexity index is 680. The van der Waals surface area contributed by atoms with E-state index in [9.17, 15) is 14.4 Å². The lowest BCUT2D eigenvalue weighted by atomic mass is 10.2. The lowest BCUT2D eigenvalue weighted by Crippen LogP contribution is -3.09. The minimum atomic E-state index is -0.765. The molecule has 0 aliphatic carbocycles. The molecule has 25 heavy (non-hydrogen) atoms. The van der Waals surface area contributed by atoms with E-state index in [0.717, 1.165) is 26.7 Å². The van der Waals surface area contributed by atoms with E-state index < -0.39 is 17.8 Å². The summed E-state index contributed by atoms with van der Waals surface area (Å²) in [7, 11) is 3.40. The summed E-state index contributed by atoms with van der Waals surface area (Å²) in [6, 6.07) is 4.75. The van der Waals surface area contributed by atoms with Crippen LogP contribution < -0.4 is 9.64 Å². The van der Waals surface area contributed by atoms with Crippen molar-refractivity contribution in [2.75, 3.05) is 27.4 Å². The van der Waals surface area contributed by atoms with Crippen LogP contribution in [-0.2, 0) is 16.1 Å². The molecule has 0 spiro atoms. The van der Waals surface area contributed by atoms with Crippen LogP contribution in [0.3, 0.4) is 0 Å². The van der Waals surface area contributed by atoms with Crippen molar-refractivity contribution in [3.05, 3.63) is 28.8 Å². The van der Waals surface area contributed by atoms with Gasteiger partial charge >= 0.3 is 17.8 Å². The van der Waals surface area contributed by atoms with Crippen LogP contribution in [0.1, 0.15) is 25.3 Å². The standard InChI is InChI=1S/C17H22ClN3O4/c1-4-5-8-20-15(22)16(23)21(17(20)24)11-19(2)10-12-9-13(18)6-7-14(12)25-3/h6-7,9H,4-5,8,10-11H2,1-3H3/p+1. The molecule has 1 heterocycles. The summed E-state index contributed by atoms with van der Waals surface area (Å²) in [5, 5.41) is 0.581. The number of ether oxygens (including phenoxy) is 1. The van der Waals surface area contributed by atoms with E-state index in [0.29, 0.717) is 23.7 Å². The molecule has 136 valence electrons. The van der Waals surface area contributed by atoms with Gasteiger partial charge in [0.05, 0.1) is 14.2 Å². The van der Waals surface area contributed by atoms with Crippen LogP contribution in [0.15, 0.2) is 18.2 Å². The summed E-state index contributed by atoms with van der Waals surface area (Å²) in [6.45, 7) is 2.82. The number of amides is 4. The monoisotopic (exact) mass is 368 g/mol. The van der Waals surface area contributed by atoms with Crippen LogP contribution in [-0.4, -0.2) is 55.0 Å². The molecule has 1 unspecified atom stereocenters. The Balaban J connectivity index is 2.06. The van der Waals surface area contributed by atoms with E-state index in [4.69, 9.17) is 16.3 Å². The number of quaternary nitrogens is 1. The molecule has 0 saturated carbocycles. The molecule has 1 atom stereocenters. The fourth-order valence-corrected chi connectivity index (χ4v) is 2.93. The fourth-order valence-electron chi connectivity index (χ4n) is 2.74. The second-order valence-corrected chi connectivity index (χ2v) is 6.51. The van der Waals surface area contributed by atoms with Gasteiger partial charge in [0.15, 0.2) is 6.67 Å². The number of hydrogen-bond donors (Lipinski definition) is 1. The van der Waals surface area contributed by atoms with Gasteiger partial charge in [0.2, 0.25) is 0 Å². The Morgan fingerprint density at radius 3 is 2.48 bits per heavy atom. The van der Waals surface area contributed by atoms with Gasteiger partial charge in [-0.2, -0.15) is 0 Å². The van der Waals surface area contributed by atoms with Gasteiger partial charge in [-0.1, -0.05) is 24.9 Å². The number of halogens is 1. The smallest absolute Gasteiger partial charge is 0.338 e. The second kappa shape index (κ2) is 8.31. The van der Waals surface area contributed by atoms with Gasteiger partial charge in [0.1, 0.15) is 12.3 Å². The Morgan fingerprint density at radius 1 is 1.16 bits per heavy atom. The van der Waals surface area contributed by atoms with Gasteiger partial charge in [0, 0.05) is 17.1 Å². The maximum Gasteiger partial charge on any atom is 0.338 e. The van der Waals surface area contributed by atoms with E-state index in [2.05, 4.69) is 0 Å². The third kappa shape index (κ3) is 4.29. The highest BCUT2D eigenvalue weighted by Gasteiger charge is 2.45. The maximum atomic E-state index is 12.3. The zero-order valence-electron chi connectivity index (χ0n) is 14.7. The van der Waals surface area contributed by atoms with Gasteiger partial charge in [0.25, 0.3) is 0 Å². The zero-order chi connectivity index (χ0) is 18.6. The van der Waals surface area contributed by atoms with Crippen LogP contribution in [0, 0.1) is 0 Å². The molecule has 1 aromatic carbocycles. The second-order valence-electron chi connectivity index (χ2n) is 6.07. The number of imide groups is 2. The highest BCUT2D eigenvalue weighted by Crippen LogP contribution is 2.21. The molecule has 1 aromatic rings. The summed E-state index contributed by atoms with van der Waals surface area (Å²) in [6.07, 6.45) is 1.52. The van der Waals surface area contributed by atoms with Gasteiger partial charge in [-0.25, -0.2) is 9.69 Å². The lowest BCUT2D eigenvalue weighted by Gasteiger charge is -2.21. The van der Waals surface area contributed by atoms with E-state index in [-0.39, 0.29) is 13.2 Å². The van der Waals surface area contributed by atoms with Crippen LogP contribution in [0.25, 0.3) is 0 Å². The van der Waals surface area contributed by atoms with Crippen LogP contribution in [0.5, 0.6) is 5.75 Å². The molecule has 1 saturated heterocycles. The third-order valence-electron chi connectivity index (χ3n) is 4.03. The molecule has 1 fully saturated rings. The number of nitrogens with zero attached hydrogens (tertiary/aromatic N) is 2. The topological polar surface area (TPSA) is 71.4 Å². The molecule has 0 radical (unpaired) electrons. The highest BCUT2D eigenvalue weighted by molar-refractivity contribution is 6.44. The number of carbonyl (C=O) groups is 3. The molecule has 4 amide bonds. The van der Waals surface area contributed by atoms with Crippen molar-refractivity contribution in [3.8, 4) is 5.75 Å². The summed E-state index contributed by atoms with van der Waals surface area (Å²) < 4.78 is 5.31. The first-order valence-corrected chi connectivity index (χ1v) is 8.57. The van der Waals surface area contributed by atoms with E-state index in [1.54, 1.807) is 25.3 Å². The van der Waals surface area contributed by atoms with Crippen molar-refractivity contribution in [2.45, 2.75) is 26.3 Å². The summed E-state index contributed by atoms with van der Waals surface area (Å²) >= 11 is 6.03. The van der Waals surface area contributed by atoms with Crippen molar-refractivity contribution < 1.29 is 24.0 Å².